The van der Waals surface area contributed by atoms with E-state index in [0.29, 0.717) is 31.6 Å². The van der Waals surface area contributed by atoms with Crippen LogP contribution in [0.25, 0.3) is 0 Å². The summed E-state index contributed by atoms with van der Waals surface area (Å²) in [6.45, 7) is 7.69. The number of carbonyl (C=O) groups is 4. The van der Waals surface area contributed by atoms with Crippen molar-refractivity contribution in [1.82, 2.24) is 15.5 Å². The van der Waals surface area contributed by atoms with Crippen molar-refractivity contribution in [2.75, 3.05) is 18.6 Å². The zero-order chi connectivity index (χ0) is 23.0. The first kappa shape index (κ1) is 26.2. The van der Waals surface area contributed by atoms with Crippen LogP contribution in [-0.2, 0) is 19.2 Å². The Morgan fingerprint density at radius 1 is 1.13 bits per heavy atom. The molecule has 5 N–H and O–H groups in total. The largest absolute Gasteiger partial charge is 0.480 e. The number of carboxylic acid groups (broad SMARTS) is 1. The van der Waals surface area contributed by atoms with Crippen LogP contribution in [0.2, 0.25) is 0 Å². The summed E-state index contributed by atoms with van der Waals surface area (Å²) in [5.41, 5.74) is 5.98. The second-order valence-electron chi connectivity index (χ2n) is 8.37. The predicted molar refractivity (Wildman–Crippen MR) is 117 cm³/mol. The highest BCUT2D eigenvalue weighted by Gasteiger charge is 2.38. The third-order valence-corrected chi connectivity index (χ3v) is 5.96. The molecule has 0 aromatic rings. The first-order valence-electron chi connectivity index (χ1n) is 10.4. The summed E-state index contributed by atoms with van der Waals surface area (Å²) < 4.78 is 0. The van der Waals surface area contributed by atoms with Crippen molar-refractivity contribution in [3.8, 4) is 0 Å². The number of amides is 3. The summed E-state index contributed by atoms with van der Waals surface area (Å²) in [6.07, 6.45) is 3.33. The second-order valence-corrected chi connectivity index (χ2v) is 9.36. The van der Waals surface area contributed by atoms with E-state index in [1.165, 1.54) is 16.7 Å². The number of hydrogen-bond donors (Lipinski definition) is 4. The van der Waals surface area contributed by atoms with Crippen LogP contribution in [0.15, 0.2) is 0 Å². The minimum Gasteiger partial charge on any atom is -0.480 e. The molecule has 1 aliphatic rings. The highest BCUT2D eigenvalue weighted by atomic mass is 32.2. The van der Waals surface area contributed by atoms with Gasteiger partial charge in [0.2, 0.25) is 17.7 Å². The molecule has 30 heavy (non-hydrogen) atoms. The minimum atomic E-state index is -1.11. The molecule has 1 rings (SSSR count). The van der Waals surface area contributed by atoms with E-state index in [-0.39, 0.29) is 17.7 Å². The Morgan fingerprint density at radius 2 is 1.77 bits per heavy atom. The quantitative estimate of drug-likeness (QED) is 0.362. The van der Waals surface area contributed by atoms with Crippen LogP contribution in [-0.4, -0.2) is 76.4 Å². The van der Waals surface area contributed by atoms with Crippen LogP contribution in [0.1, 0.15) is 47.0 Å². The fourth-order valence-electron chi connectivity index (χ4n) is 3.32. The number of aliphatic carboxylic acids is 1. The Morgan fingerprint density at radius 3 is 2.27 bits per heavy atom. The van der Waals surface area contributed by atoms with Crippen LogP contribution in [0.3, 0.4) is 0 Å². The van der Waals surface area contributed by atoms with Gasteiger partial charge in [-0.15, -0.1) is 0 Å². The molecule has 1 fully saturated rings. The van der Waals surface area contributed by atoms with Crippen LogP contribution < -0.4 is 16.4 Å². The van der Waals surface area contributed by atoms with Crippen molar-refractivity contribution in [2.24, 2.45) is 17.6 Å². The zero-order valence-corrected chi connectivity index (χ0v) is 19.3. The van der Waals surface area contributed by atoms with E-state index in [4.69, 9.17) is 5.73 Å². The standard InChI is InChI=1S/C20H36N4O5S/c1-11(2)15(21)19(27)24-9-6-7-14(24)17(25)23-16(12(3)4)18(26)22-13(20(28)29)8-10-30-5/h11-16H,6-10,21H2,1-5H3,(H,22,26)(H,23,25)(H,28,29). The zero-order valence-electron chi connectivity index (χ0n) is 18.5. The highest BCUT2D eigenvalue weighted by Crippen LogP contribution is 2.20. The van der Waals surface area contributed by atoms with Crippen molar-refractivity contribution in [1.29, 1.82) is 0 Å². The van der Waals surface area contributed by atoms with Crippen molar-refractivity contribution in [3.05, 3.63) is 0 Å². The normalized spacial score (nSPS) is 19.5. The maximum absolute atomic E-state index is 12.9. The summed E-state index contributed by atoms with van der Waals surface area (Å²) in [6, 6.07) is -3.28. The maximum Gasteiger partial charge on any atom is 0.326 e. The molecule has 0 spiro atoms. The topological polar surface area (TPSA) is 142 Å². The predicted octanol–water partition coefficient (Wildman–Crippen LogP) is 0.424. The van der Waals surface area contributed by atoms with E-state index in [9.17, 15) is 24.3 Å². The molecule has 0 saturated carbocycles. The van der Waals surface area contributed by atoms with Gasteiger partial charge in [0.05, 0.1) is 6.04 Å². The summed E-state index contributed by atoms with van der Waals surface area (Å²) in [7, 11) is 0. The minimum absolute atomic E-state index is 0.0507. The molecule has 3 amide bonds. The molecule has 10 heteroatoms. The van der Waals surface area contributed by atoms with Crippen LogP contribution in [0.5, 0.6) is 0 Å². The average molecular weight is 445 g/mol. The van der Waals surface area contributed by atoms with E-state index in [2.05, 4.69) is 10.6 Å². The van der Waals surface area contributed by atoms with Gasteiger partial charge < -0.3 is 26.4 Å². The number of likely N-dealkylation sites (tertiary alicyclic amines) is 1. The van der Waals surface area contributed by atoms with E-state index >= 15 is 0 Å². The molecular formula is C20H36N4O5S. The molecule has 1 aliphatic heterocycles. The van der Waals surface area contributed by atoms with Crippen molar-refractivity contribution < 1.29 is 24.3 Å². The number of nitrogens with one attached hydrogen (secondary N) is 2. The fourth-order valence-corrected chi connectivity index (χ4v) is 3.79. The van der Waals surface area contributed by atoms with Gasteiger partial charge in [-0.1, -0.05) is 27.7 Å². The summed E-state index contributed by atoms with van der Waals surface area (Å²) in [5.74, 6) is -2.05. The van der Waals surface area contributed by atoms with Crippen LogP contribution in [0, 0.1) is 11.8 Å². The van der Waals surface area contributed by atoms with Gasteiger partial charge in [-0.2, -0.15) is 11.8 Å². The van der Waals surface area contributed by atoms with E-state index in [1.807, 2.05) is 20.1 Å². The molecule has 1 heterocycles. The molecule has 9 nitrogen and oxygen atoms in total. The van der Waals surface area contributed by atoms with Gasteiger partial charge in [-0.3, -0.25) is 14.4 Å². The number of hydrogen-bond acceptors (Lipinski definition) is 6. The lowest BCUT2D eigenvalue weighted by atomic mass is 10.0. The molecule has 0 aromatic carbocycles. The summed E-state index contributed by atoms with van der Waals surface area (Å²) in [5, 5.41) is 14.6. The first-order chi connectivity index (χ1) is 14.0. The van der Waals surface area contributed by atoms with Gasteiger partial charge in [0, 0.05) is 6.54 Å². The van der Waals surface area contributed by atoms with Gasteiger partial charge in [-0.25, -0.2) is 4.79 Å². The van der Waals surface area contributed by atoms with Crippen molar-refractivity contribution >= 4 is 35.5 Å². The third kappa shape index (κ3) is 7.16. The van der Waals surface area contributed by atoms with Crippen LogP contribution in [0.4, 0.5) is 0 Å². The third-order valence-electron chi connectivity index (χ3n) is 5.31. The van der Waals surface area contributed by atoms with E-state index in [1.54, 1.807) is 13.8 Å². The van der Waals surface area contributed by atoms with Crippen LogP contribution >= 0.6 is 11.8 Å². The molecule has 0 radical (unpaired) electrons. The number of nitrogens with zero attached hydrogens (tertiary/aromatic N) is 1. The average Bonchev–Trinajstić information content (AvgIpc) is 3.16. The second kappa shape index (κ2) is 12.1. The van der Waals surface area contributed by atoms with Gasteiger partial charge in [0.25, 0.3) is 0 Å². The summed E-state index contributed by atoms with van der Waals surface area (Å²) >= 11 is 1.49. The SMILES string of the molecule is CSCCC(NC(=O)C(NC(=O)C1CCCN1C(=O)C(N)C(C)C)C(C)C)C(=O)O. The van der Waals surface area contributed by atoms with Gasteiger partial charge in [-0.05, 0) is 43.1 Å². The van der Waals surface area contributed by atoms with Crippen molar-refractivity contribution in [2.45, 2.75) is 71.1 Å². The molecule has 0 aliphatic carbocycles. The number of nitrogens with two attached hydrogens (primary N) is 1. The number of carbonyl (C=O) groups excluding carboxylic acids is 3. The Hall–Kier alpha value is -1.81. The fraction of sp³-hybridized carbons (Fsp3) is 0.800. The Labute approximate surface area is 182 Å². The van der Waals surface area contributed by atoms with Gasteiger partial charge in [0.15, 0.2) is 0 Å². The Kier molecular flexibility index (Phi) is 10.6. The molecule has 4 atom stereocenters. The highest BCUT2D eigenvalue weighted by molar-refractivity contribution is 7.98. The lowest BCUT2D eigenvalue weighted by Gasteiger charge is -2.30. The van der Waals surface area contributed by atoms with E-state index in [0.717, 1.165) is 0 Å². The lowest BCUT2D eigenvalue weighted by Crippen LogP contribution is -2.58. The molecule has 0 bridgehead atoms. The molecule has 4 unspecified atom stereocenters. The molecule has 0 aromatic heterocycles. The molecular weight excluding hydrogens is 408 g/mol. The monoisotopic (exact) mass is 444 g/mol. The smallest absolute Gasteiger partial charge is 0.326 e. The first-order valence-corrected chi connectivity index (χ1v) is 11.8. The lowest BCUT2D eigenvalue weighted by molar-refractivity contribution is -0.143. The molecule has 172 valence electrons. The Balaban J connectivity index is 2.86. The maximum atomic E-state index is 12.9. The number of carboxylic acids is 1. The molecule has 1 saturated heterocycles. The van der Waals surface area contributed by atoms with Gasteiger partial charge in [0.1, 0.15) is 18.1 Å². The van der Waals surface area contributed by atoms with Crippen molar-refractivity contribution in [3.63, 3.8) is 0 Å². The number of thioether (sulfide) groups is 1. The summed E-state index contributed by atoms with van der Waals surface area (Å²) in [4.78, 5) is 51.2. The number of rotatable bonds is 11. The van der Waals surface area contributed by atoms with E-state index < -0.39 is 42.0 Å². The Bertz CT molecular complexity index is 628. The van der Waals surface area contributed by atoms with Gasteiger partial charge >= 0.3 is 5.97 Å².